The molecule has 4 aromatic rings. The summed E-state index contributed by atoms with van der Waals surface area (Å²) < 4.78 is 1.08. The maximum absolute atomic E-state index is 13.2. The molecule has 0 N–H and O–H groups in total. The summed E-state index contributed by atoms with van der Waals surface area (Å²) in [4.78, 5) is 19.7. The minimum atomic E-state index is 0.0181. The molecule has 0 aliphatic heterocycles. The SMILES string of the molecule is Cc1ccccc1N(C(=O)Cc1ccccc1)c1nc2ccccc2s1. The fraction of sp³-hybridized carbons (Fsp3) is 0.0909. The molecule has 0 aliphatic carbocycles. The average molecular weight is 358 g/mol. The van der Waals surface area contributed by atoms with Gasteiger partial charge in [-0.2, -0.15) is 0 Å². The highest BCUT2D eigenvalue weighted by Gasteiger charge is 2.23. The molecular weight excluding hydrogens is 340 g/mol. The lowest BCUT2D eigenvalue weighted by atomic mass is 10.1. The van der Waals surface area contributed by atoms with Crippen LogP contribution >= 0.6 is 11.3 Å². The van der Waals surface area contributed by atoms with Crippen molar-refractivity contribution in [3.05, 3.63) is 90.0 Å². The van der Waals surface area contributed by atoms with E-state index in [1.807, 2.05) is 85.8 Å². The van der Waals surface area contributed by atoms with Gasteiger partial charge in [0, 0.05) is 0 Å². The Morgan fingerprint density at radius 2 is 1.62 bits per heavy atom. The highest BCUT2D eigenvalue weighted by molar-refractivity contribution is 7.22. The van der Waals surface area contributed by atoms with E-state index in [1.165, 1.54) is 0 Å². The second-order valence-electron chi connectivity index (χ2n) is 6.14. The van der Waals surface area contributed by atoms with E-state index in [0.717, 1.165) is 27.0 Å². The first kappa shape index (κ1) is 16.5. The molecule has 0 spiro atoms. The Balaban J connectivity index is 1.79. The number of para-hydroxylation sites is 2. The molecule has 1 amide bonds. The van der Waals surface area contributed by atoms with Crippen LogP contribution in [0.2, 0.25) is 0 Å². The van der Waals surface area contributed by atoms with Crippen LogP contribution in [0.3, 0.4) is 0 Å². The highest BCUT2D eigenvalue weighted by atomic mass is 32.1. The summed E-state index contributed by atoms with van der Waals surface area (Å²) in [5.74, 6) is 0.0181. The molecule has 0 saturated carbocycles. The molecule has 0 radical (unpaired) electrons. The molecular formula is C22H18N2OS. The number of thiazole rings is 1. The van der Waals surface area contributed by atoms with Gasteiger partial charge in [-0.15, -0.1) is 0 Å². The summed E-state index contributed by atoms with van der Waals surface area (Å²) in [5, 5.41) is 0.710. The summed E-state index contributed by atoms with van der Waals surface area (Å²) in [6.45, 7) is 2.02. The van der Waals surface area contributed by atoms with Crippen LogP contribution in [0.1, 0.15) is 11.1 Å². The predicted octanol–water partition coefficient (Wildman–Crippen LogP) is 5.51. The van der Waals surface area contributed by atoms with E-state index in [-0.39, 0.29) is 5.91 Å². The molecule has 0 fully saturated rings. The number of amides is 1. The first-order valence-corrected chi connectivity index (χ1v) is 9.32. The van der Waals surface area contributed by atoms with Crippen LogP contribution in [-0.4, -0.2) is 10.9 Å². The summed E-state index contributed by atoms with van der Waals surface area (Å²) in [7, 11) is 0. The molecule has 3 aromatic carbocycles. The van der Waals surface area contributed by atoms with E-state index in [2.05, 4.69) is 0 Å². The molecule has 0 aliphatic rings. The number of nitrogens with zero attached hydrogens (tertiary/aromatic N) is 2. The standard InChI is InChI=1S/C22H18N2OS/c1-16-9-5-7-13-19(16)24(21(25)15-17-10-3-2-4-11-17)22-23-18-12-6-8-14-20(18)26-22/h2-14H,15H2,1H3. The van der Waals surface area contributed by atoms with E-state index >= 15 is 0 Å². The molecule has 0 saturated heterocycles. The molecule has 3 nitrogen and oxygen atoms in total. The number of carbonyl (C=O) groups excluding carboxylic acids is 1. The van der Waals surface area contributed by atoms with Gasteiger partial charge >= 0.3 is 0 Å². The molecule has 4 heteroatoms. The van der Waals surface area contributed by atoms with Crippen molar-refractivity contribution >= 4 is 38.3 Å². The highest BCUT2D eigenvalue weighted by Crippen LogP contribution is 2.35. The zero-order chi connectivity index (χ0) is 17.9. The number of aryl methyl sites for hydroxylation is 1. The van der Waals surface area contributed by atoms with Gasteiger partial charge in [-0.1, -0.05) is 72.0 Å². The summed E-state index contributed by atoms with van der Waals surface area (Å²) >= 11 is 1.54. The minimum absolute atomic E-state index is 0.0181. The Bertz CT molecular complexity index is 1020. The Labute approximate surface area is 156 Å². The monoisotopic (exact) mass is 358 g/mol. The first-order chi connectivity index (χ1) is 12.7. The zero-order valence-corrected chi connectivity index (χ0v) is 15.2. The summed E-state index contributed by atoms with van der Waals surface area (Å²) in [6.07, 6.45) is 0.338. The topological polar surface area (TPSA) is 33.2 Å². The van der Waals surface area contributed by atoms with E-state index in [1.54, 1.807) is 16.2 Å². The van der Waals surface area contributed by atoms with Crippen molar-refractivity contribution < 1.29 is 4.79 Å². The van der Waals surface area contributed by atoms with Gasteiger partial charge in [0.15, 0.2) is 5.13 Å². The normalized spacial score (nSPS) is 10.8. The second-order valence-corrected chi connectivity index (χ2v) is 7.15. The summed E-state index contributed by atoms with van der Waals surface area (Å²) in [5.41, 5.74) is 3.84. The van der Waals surface area contributed by atoms with Gasteiger partial charge < -0.3 is 0 Å². The Morgan fingerprint density at radius 3 is 2.38 bits per heavy atom. The molecule has 26 heavy (non-hydrogen) atoms. The third kappa shape index (κ3) is 3.24. The fourth-order valence-electron chi connectivity index (χ4n) is 2.96. The number of hydrogen-bond acceptors (Lipinski definition) is 3. The van der Waals surface area contributed by atoms with Crippen LogP contribution in [0, 0.1) is 6.92 Å². The van der Waals surface area contributed by atoms with Crippen LogP contribution < -0.4 is 4.90 Å². The van der Waals surface area contributed by atoms with Gasteiger partial charge in [-0.3, -0.25) is 9.69 Å². The molecule has 0 atom stereocenters. The van der Waals surface area contributed by atoms with Crippen LogP contribution in [0.15, 0.2) is 78.9 Å². The van der Waals surface area contributed by atoms with Crippen molar-refractivity contribution in [1.29, 1.82) is 0 Å². The molecule has 128 valence electrons. The van der Waals surface area contributed by atoms with Gasteiger partial charge in [0.2, 0.25) is 5.91 Å². The van der Waals surface area contributed by atoms with Crippen molar-refractivity contribution in [2.75, 3.05) is 4.90 Å². The quantitative estimate of drug-likeness (QED) is 0.482. The van der Waals surface area contributed by atoms with Crippen molar-refractivity contribution in [3.63, 3.8) is 0 Å². The Kier molecular flexibility index (Phi) is 4.50. The van der Waals surface area contributed by atoms with Crippen molar-refractivity contribution in [2.45, 2.75) is 13.3 Å². The van der Waals surface area contributed by atoms with Gasteiger partial charge in [0.25, 0.3) is 0 Å². The lowest BCUT2D eigenvalue weighted by Gasteiger charge is -2.22. The minimum Gasteiger partial charge on any atom is -0.274 e. The van der Waals surface area contributed by atoms with Gasteiger partial charge in [-0.25, -0.2) is 4.98 Å². The molecule has 4 rings (SSSR count). The first-order valence-electron chi connectivity index (χ1n) is 8.50. The predicted molar refractivity (Wildman–Crippen MR) is 108 cm³/mol. The van der Waals surface area contributed by atoms with Gasteiger partial charge in [-0.05, 0) is 36.2 Å². The number of anilines is 2. The van der Waals surface area contributed by atoms with Crippen molar-refractivity contribution in [1.82, 2.24) is 4.98 Å². The number of benzene rings is 3. The number of fused-ring (bicyclic) bond motifs is 1. The average Bonchev–Trinajstić information content (AvgIpc) is 3.08. The van der Waals surface area contributed by atoms with Crippen LogP contribution in [-0.2, 0) is 11.2 Å². The van der Waals surface area contributed by atoms with Gasteiger partial charge in [0.1, 0.15) is 0 Å². The van der Waals surface area contributed by atoms with Crippen LogP contribution in [0.5, 0.6) is 0 Å². The third-order valence-electron chi connectivity index (χ3n) is 4.28. The van der Waals surface area contributed by atoms with Crippen LogP contribution in [0.4, 0.5) is 10.8 Å². The fourth-order valence-corrected chi connectivity index (χ4v) is 3.96. The lowest BCUT2D eigenvalue weighted by Crippen LogP contribution is -2.28. The smallest absolute Gasteiger partial charge is 0.237 e. The van der Waals surface area contributed by atoms with Crippen molar-refractivity contribution in [3.8, 4) is 0 Å². The summed E-state index contributed by atoms with van der Waals surface area (Å²) in [6, 6.07) is 25.7. The Morgan fingerprint density at radius 1 is 0.923 bits per heavy atom. The maximum atomic E-state index is 13.2. The van der Waals surface area contributed by atoms with E-state index < -0.39 is 0 Å². The largest absolute Gasteiger partial charge is 0.274 e. The van der Waals surface area contributed by atoms with E-state index in [0.29, 0.717) is 11.6 Å². The number of hydrogen-bond donors (Lipinski definition) is 0. The lowest BCUT2D eigenvalue weighted by molar-refractivity contribution is -0.117. The second kappa shape index (κ2) is 7.10. The molecule has 0 bridgehead atoms. The van der Waals surface area contributed by atoms with E-state index in [4.69, 9.17) is 4.98 Å². The number of rotatable bonds is 4. The number of carbonyl (C=O) groups is 1. The van der Waals surface area contributed by atoms with Crippen molar-refractivity contribution in [2.24, 2.45) is 0 Å². The molecule has 1 heterocycles. The molecule has 0 unspecified atom stereocenters. The van der Waals surface area contributed by atoms with Crippen LogP contribution in [0.25, 0.3) is 10.2 Å². The van der Waals surface area contributed by atoms with E-state index in [9.17, 15) is 4.79 Å². The Hall–Kier alpha value is -2.98. The number of aromatic nitrogens is 1. The maximum Gasteiger partial charge on any atom is 0.237 e. The van der Waals surface area contributed by atoms with Gasteiger partial charge in [0.05, 0.1) is 22.3 Å². The third-order valence-corrected chi connectivity index (χ3v) is 5.30. The molecule has 1 aromatic heterocycles. The zero-order valence-electron chi connectivity index (χ0n) is 14.4.